The summed E-state index contributed by atoms with van der Waals surface area (Å²) in [5.74, 6) is -0.326. The average Bonchev–Trinajstić information content (AvgIpc) is 3.27. The first-order valence-electron chi connectivity index (χ1n) is 9.70. The van der Waals surface area contributed by atoms with E-state index in [1.165, 1.54) is 11.3 Å². The fourth-order valence-electron chi connectivity index (χ4n) is 3.05. The minimum atomic E-state index is -0.683. The number of rotatable bonds is 10. The maximum absolute atomic E-state index is 12.9. The van der Waals surface area contributed by atoms with Gasteiger partial charge in [-0.15, -0.1) is 0 Å². The molecule has 0 bridgehead atoms. The summed E-state index contributed by atoms with van der Waals surface area (Å²) < 4.78 is 5.57. The topological polar surface area (TPSA) is 87.7 Å². The molecular weight excluding hydrogens is 378 g/mol. The van der Waals surface area contributed by atoms with Crippen LogP contribution in [0.25, 0.3) is 0 Å². The van der Waals surface area contributed by atoms with E-state index < -0.39 is 12.1 Å². The van der Waals surface area contributed by atoms with Gasteiger partial charge in [0.05, 0.1) is 11.7 Å². The van der Waals surface area contributed by atoms with Gasteiger partial charge in [-0.3, -0.25) is 14.4 Å². The second-order valence-corrected chi connectivity index (χ2v) is 8.68. The van der Waals surface area contributed by atoms with Crippen LogP contribution < -0.4 is 10.6 Å². The summed E-state index contributed by atoms with van der Waals surface area (Å²) in [4.78, 5) is 39.6. The van der Waals surface area contributed by atoms with Crippen molar-refractivity contribution in [1.82, 2.24) is 15.5 Å². The third-order valence-electron chi connectivity index (χ3n) is 4.75. The summed E-state index contributed by atoms with van der Waals surface area (Å²) in [5.41, 5.74) is 0.538. The summed E-state index contributed by atoms with van der Waals surface area (Å²) in [6.07, 6.45) is 1.63. The molecule has 2 amide bonds. The van der Waals surface area contributed by atoms with Gasteiger partial charge in [-0.05, 0) is 50.7 Å². The minimum Gasteiger partial charge on any atom is -0.368 e. The fraction of sp³-hybridized carbons (Fsp3) is 0.650. The van der Waals surface area contributed by atoms with Crippen LogP contribution in [-0.2, 0) is 14.3 Å². The summed E-state index contributed by atoms with van der Waals surface area (Å²) in [7, 11) is 3.90. The second-order valence-electron chi connectivity index (χ2n) is 7.90. The Labute approximate surface area is 170 Å². The van der Waals surface area contributed by atoms with Crippen molar-refractivity contribution < 1.29 is 19.1 Å². The molecule has 2 rings (SSSR count). The number of hydrogen-bond donors (Lipinski definition) is 2. The smallest absolute Gasteiger partial charge is 0.252 e. The van der Waals surface area contributed by atoms with E-state index in [0.29, 0.717) is 24.3 Å². The molecule has 7 nitrogen and oxygen atoms in total. The largest absolute Gasteiger partial charge is 0.368 e. The Hall–Kier alpha value is -1.77. The van der Waals surface area contributed by atoms with E-state index in [9.17, 15) is 14.4 Å². The highest BCUT2D eigenvalue weighted by Gasteiger charge is 2.38. The summed E-state index contributed by atoms with van der Waals surface area (Å²) in [6, 6.07) is 0.382. The van der Waals surface area contributed by atoms with Gasteiger partial charge in [-0.25, -0.2) is 0 Å². The lowest BCUT2D eigenvalue weighted by molar-refractivity contribution is -0.127. The number of ketones is 1. The summed E-state index contributed by atoms with van der Waals surface area (Å²) in [6.45, 7) is 4.92. The van der Waals surface area contributed by atoms with Crippen LogP contribution in [0.1, 0.15) is 43.5 Å². The van der Waals surface area contributed by atoms with Gasteiger partial charge in [0, 0.05) is 11.9 Å². The molecule has 0 radical (unpaired) electrons. The van der Waals surface area contributed by atoms with Gasteiger partial charge in [0.15, 0.2) is 5.78 Å². The van der Waals surface area contributed by atoms with Crippen LogP contribution in [0, 0.1) is 5.92 Å². The third-order valence-corrected chi connectivity index (χ3v) is 5.44. The van der Waals surface area contributed by atoms with Crippen LogP contribution in [0.2, 0.25) is 0 Å². The second kappa shape index (κ2) is 10.7. The van der Waals surface area contributed by atoms with E-state index >= 15 is 0 Å². The van der Waals surface area contributed by atoms with Crippen LogP contribution in [0.15, 0.2) is 16.8 Å². The monoisotopic (exact) mass is 409 g/mol. The van der Waals surface area contributed by atoms with Crippen molar-refractivity contribution in [3.63, 3.8) is 0 Å². The van der Waals surface area contributed by atoms with E-state index in [1.54, 1.807) is 11.4 Å². The molecule has 0 aliphatic carbocycles. The van der Waals surface area contributed by atoms with Crippen LogP contribution in [0.4, 0.5) is 0 Å². The van der Waals surface area contributed by atoms with Crippen molar-refractivity contribution in [1.29, 1.82) is 0 Å². The number of carbonyl (C=O) groups excluding carboxylic acids is 3. The predicted molar refractivity (Wildman–Crippen MR) is 109 cm³/mol. The van der Waals surface area contributed by atoms with Crippen molar-refractivity contribution in [2.75, 3.05) is 27.2 Å². The van der Waals surface area contributed by atoms with E-state index in [0.717, 1.165) is 13.0 Å². The normalized spacial score (nSPS) is 20.6. The Morgan fingerprint density at radius 2 is 2.07 bits per heavy atom. The maximum atomic E-state index is 12.9. The number of amides is 2. The van der Waals surface area contributed by atoms with Gasteiger partial charge in [0.2, 0.25) is 5.91 Å². The number of nitrogens with zero attached hydrogens (tertiary/aromatic N) is 1. The molecule has 2 heterocycles. The zero-order chi connectivity index (χ0) is 20.7. The highest BCUT2D eigenvalue weighted by atomic mass is 32.1. The number of carbonyl (C=O) groups is 3. The van der Waals surface area contributed by atoms with Gasteiger partial charge in [-0.1, -0.05) is 13.8 Å². The molecule has 28 heavy (non-hydrogen) atoms. The molecule has 0 spiro atoms. The standard InChI is InChI=1S/C20H31N3O4S/c1-13(2)5-6-15(21-19(25)14-8-10-28-12-14)20(26)22-18-16(24)11-27-17(18)7-9-23(3)4/h8,10,12-13,15,17-18H,5-7,9,11H2,1-4H3,(H,21,25)(H,22,26)/t15-,17?,18?/m0/s1. The Bertz CT molecular complexity index is 660. The first-order valence-corrected chi connectivity index (χ1v) is 10.6. The first-order chi connectivity index (χ1) is 13.3. The molecule has 0 saturated carbocycles. The Morgan fingerprint density at radius 3 is 2.68 bits per heavy atom. The van der Waals surface area contributed by atoms with Crippen molar-refractivity contribution in [2.45, 2.75) is 51.3 Å². The van der Waals surface area contributed by atoms with E-state index in [-0.39, 0.29) is 30.3 Å². The van der Waals surface area contributed by atoms with Gasteiger partial charge in [0.25, 0.3) is 5.91 Å². The molecule has 2 N–H and O–H groups in total. The van der Waals surface area contributed by atoms with Crippen molar-refractivity contribution in [3.05, 3.63) is 22.4 Å². The molecule has 1 aromatic rings. The quantitative estimate of drug-likeness (QED) is 0.614. The fourth-order valence-corrected chi connectivity index (χ4v) is 3.69. The molecule has 0 aromatic carbocycles. The maximum Gasteiger partial charge on any atom is 0.252 e. The molecule has 1 aliphatic rings. The predicted octanol–water partition coefficient (Wildman–Crippen LogP) is 1.69. The van der Waals surface area contributed by atoms with E-state index in [4.69, 9.17) is 4.74 Å². The molecule has 1 saturated heterocycles. The number of nitrogens with one attached hydrogen (secondary N) is 2. The van der Waals surface area contributed by atoms with Gasteiger partial charge < -0.3 is 20.3 Å². The van der Waals surface area contributed by atoms with Crippen molar-refractivity contribution >= 4 is 28.9 Å². The lowest BCUT2D eigenvalue weighted by Gasteiger charge is -2.24. The van der Waals surface area contributed by atoms with E-state index in [1.807, 2.05) is 24.4 Å². The molecule has 2 unspecified atom stereocenters. The lowest BCUT2D eigenvalue weighted by Crippen LogP contribution is -2.53. The van der Waals surface area contributed by atoms with Gasteiger partial charge in [-0.2, -0.15) is 11.3 Å². The Kier molecular flexibility index (Phi) is 8.59. The first kappa shape index (κ1) is 22.5. The van der Waals surface area contributed by atoms with Crippen LogP contribution >= 0.6 is 11.3 Å². The number of Topliss-reactive ketones (excluding diaryl/α,β-unsaturated/α-hetero) is 1. The number of ether oxygens (including phenoxy) is 1. The summed E-state index contributed by atoms with van der Waals surface area (Å²) in [5, 5.41) is 9.23. The van der Waals surface area contributed by atoms with Crippen molar-refractivity contribution in [2.24, 2.45) is 5.92 Å². The number of hydrogen-bond acceptors (Lipinski definition) is 6. The zero-order valence-electron chi connectivity index (χ0n) is 17.1. The van der Waals surface area contributed by atoms with E-state index in [2.05, 4.69) is 24.5 Å². The van der Waals surface area contributed by atoms with Crippen molar-refractivity contribution in [3.8, 4) is 0 Å². The molecule has 1 aliphatic heterocycles. The summed E-state index contributed by atoms with van der Waals surface area (Å²) >= 11 is 1.43. The average molecular weight is 410 g/mol. The number of thiophene rings is 1. The third kappa shape index (κ3) is 6.68. The van der Waals surface area contributed by atoms with Crippen LogP contribution in [-0.4, -0.2) is 67.9 Å². The van der Waals surface area contributed by atoms with Crippen LogP contribution in [0.3, 0.4) is 0 Å². The minimum absolute atomic E-state index is 0.0148. The SMILES string of the molecule is CC(C)CC[C@H](NC(=O)c1ccsc1)C(=O)NC1C(=O)COC1CCN(C)C. The zero-order valence-corrected chi connectivity index (χ0v) is 17.9. The molecule has 1 aromatic heterocycles. The Balaban J connectivity index is 2.03. The lowest BCUT2D eigenvalue weighted by atomic mass is 10.0. The van der Waals surface area contributed by atoms with Gasteiger partial charge in [0.1, 0.15) is 18.7 Å². The molecular formula is C20H31N3O4S. The Morgan fingerprint density at radius 1 is 1.32 bits per heavy atom. The van der Waals surface area contributed by atoms with Gasteiger partial charge >= 0.3 is 0 Å². The molecule has 1 fully saturated rings. The molecule has 3 atom stereocenters. The molecule has 156 valence electrons. The highest BCUT2D eigenvalue weighted by molar-refractivity contribution is 7.08. The van der Waals surface area contributed by atoms with Crippen LogP contribution in [0.5, 0.6) is 0 Å². The highest BCUT2D eigenvalue weighted by Crippen LogP contribution is 2.16. The molecule has 8 heteroatoms.